The molecule has 1 aromatic carbocycles. The molecular weight excluding hydrogens is 420 g/mol. The van der Waals surface area contributed by atoms with E-state index in [1.807, 2.05) is 13.0 Å². The van der Waals surface area contributed by atoms with Gasteiger partial charge in [0.25, 0.3) is 11.6 Å². The summed E-state index contributed by atoms with van der Waals surface area (Å²) in [5, 5.41) is 12.5. The lowest BCUT2D eigenvalue weighted by atomic mass is 9.90. The van der Waals surface area contributed by atoms with Crippen LogP contribution in [0.1, 0.15) is 27.2 Å². The Balaban J connectivity index is 2.05. The zero-order chi connectivity index (χ0) is 21.7. The van der Waals surface area contributed by atoms with Crippen LogP contribution >= 0.6 is 21.7 Å². The number of carbonyl (C=O) groups excluding carboxylic acids is 2. The Morgan fingerprint density at radius 3 is 2.52 bits per heavy atom. The second kappa shape index (κ2) is 9.69. The molecule has 0 bridgehead atoms. The third kappa shape index (κ3) is 4.79. The third-order valence-corrected chi connectivity index (χ3v) is 6.39. The first-order valence-electron chi connectivity index (χ1n) is 9.15. The van der Waals surface area contributed by atoms with Crippen LogP contribution in [0.25, 0.3) is 0 Å². The van der Waals surface area contributed by atoms with Gasteiger partial charge in [-0.05, 0) is 54.1 Å². The molecule has 2 amide bonds. The minimum Gasteiger partial charge on any atom is -0.484 e. The summed E-state index contributed by atoms with van der Waals surface area (Å²) >= 11 is 0. The van der Waals surface area contributed by atoms with Crippen molar-refractivity contribution < 1.29 is 29.0 Å². The maximum atomic E-state index is 12.7. The Hall–Kier alpha value is -1.97. The van der Waals surface area contributed by atoms with Crippen LogP contribution in [-0.4, -0.2) is 64.1 Å². The van der Waals surface area contributed by atoms with Gasteiger partial charge in [0, 0.05) is 6.61 Å². The molecule has 2 rings (SSSR count). The van der Waals surface area contributed by atoms with E-state index in [4.69, 9.17) is 20.2 Å². The summed E-state index contributed by atoms with van der Waals surface area (Å²) in [7, 11) is 6.72. The number of nitrogens with one attached hydrogen (secondary N) is 1. The van der Waals surface area contributed by atoms with Gasteiger partial charge < -0.3 is 19.9 Å². The van der Waals surface area contributed by atoms with Gasteiger partial charge in [-0.1, -0.05) is 25.1 Å². The second-order valence-corrected chi connectivity index (χ2v) is 8.69. The number of ether oxygens (including phenoxy) is 2. The van der Waals surface area contributed by atoms with Crippen molar-refractivity contribution in [2.45, 2.75) is 43.7 Å². The minimum absolute atomic E-state index is 0.00714. The van der Waals surface area contributed by atoms with Gasteiger partial charge in [0.1, 0.15) is 11.8 Å². The third-order valence-electron chi connectivity index (χ3n) is 4.57. The van der Waals surface area contributed by atoms with E-state index >= 15 is 0 Å². The number of hydrogen-bond acceptors (Lipinski definition) is 6. The lowest BCUT2D eigenvalue weighted by Gasteiger charge is -2.53. The fraction of sp³-hybridized carbons (Fsp3) is 0.526. The van der Waals surface area contributed by atoms with Crippen LogP contribution in [0, 0.1) is 0 Å². The lowest BCUT2D eigenvalue weighted by Crippen LogP contribution is -2.78. The van der Waals surface area contributed by atoms with E-state index in [9.17, 15) is 19.5 Å². The van der Waals surface area contributed by atoms with Gasteiger partial charge in [0.2, 0.25) is 5.91 Å². The highest BCUT2D eigenvalue weighted by atomic mass is 35.7. The van der Waals surface area contributed by atoms with Crippen LogP contribution in [0.4, 0.5) is 0 Å². The van der Waals surface area contributed by atoms with Gasteiger partial charge in [0.15, 0.2) is 6.61 Å². The molecule has 1 fully saturated rings. The quantitative estimate of drug-likeness (QED) is 0.504. The van der Waals surface area contributed by atoms with Crippen molar-refractivity contribution in [3.8, 4) is 5.75 Å². The summed E-state index contributed by atoms with van der Waals surface area (Å²) < 4.78 is 9.90. The molecule has 2 unspecified atom stereocenters. The van der Waals surface area contributed by atoms with E-state index in [-0.39, 0.29) is 19.8 Å². The molecule has 160 valence electrons. The summed E-state index contributed by atoms with van der Waals surface area (Å²) in [5.74, 6) is -1.80. The molecular formula is C19H25ClN2O6S. The highest BCUT2D eigenvalue weighted by molar-refractivity contribution is 8.22. The molecule has 0 saturated carbocycles. The van der Waals surface area contributed by atoms with E-state index in [2.05, 4.69) is 5.32 Å². The van der Waals surface area contributed by atoms with Crippen molar-refractivity contribution in [2.75, 3.05) is 19.8 Å². The largest absolute Gasteiger partial charge is 0.484 e. The van der Waals surface area contributed by atoms with Gasteiger partial charge >= 0.3 is 5.97 Å². The minimum atomic E-state index is -1.95. The van der Waals surface area contributed by atoms with Crippen molar-refractivity contribution in [3.05, 3.63) is 30.3 Å². The number of carboxylic acid groups (broad SMARTS) is 1. The number of nitrogens with zero attached hydrogens (tertiary/aromatic N) is 1. The zero-order valence-electron chi connectivity index (χ0n) is 16.5. The van der Waals surface area contributed by atoms with Gasteiger partial charge in [-0.3, -0.25) is 14.5 Å². The van der Waals surface area contributed by atoms with Gasteiger partial charge in [-0.25, -0.2) is 4.79 Å². The lowest BCUT2D eigenvalue weighted by molar-refractivity contribution is -0.221. The summed E-state index contributed by atoms with van der Waals surface area (Å²) in [6.45, 7) is 4.91. The average molecular weight is 445 g/mol. The topological polar surface area (TPSA) is 105 Å². The molecule has 2 atom stereocenters. The number of β-lactam (4-membered cyclic amide) rings is 1. The maximum Gasteiger partial charge on any atom is 0.359 e. The number of para-hydroxylation sites is 1. The summed E-state index contributed by atoms with van der Waals surface area (Å²) in [6, 6.07) is 7.95. The molecule has 29 heavy (non-hydrogen) atoms. The molecule has 1 aliphatic heterocycles. The fourth-order valence-electron chi connectivity index (χ4n) is 3.03. The van der Waals surface area contributed by atoms with Crippen molar-refractivity contribution in [2.24, 2.45) is 0 Å². The molecule has 0 radical (unpaired) electrons. The summed E-state index contributed by atoms with van der Waals surface area (Å²) in [5.41, 5.74) is -1.95. The molecule has 0 aromatic heterocycles. The molecule has 8 nitrogen and oxygen atoms in total. The zero-order valence-corrected chi connectivity index (χ0v) is 18.1. The van der Waals surface area contributed by atoms with Gasteiger partial charge in [-0.2, -0.15) is 0 Å². The number of benzene rings is 1. The first-order valence-corrected chi connectivity index (χ1v) is 10.8. The molecule has 1 saturated heterocycles. The molecule has 1 heterocycles. The van der Waals surface area contributed by atoms with Crippen LogP contribution in [-0.2, 0) is 19.1 Å². The SMILES string of the molecule is CCCOC(C(=O)O)(N1CC(NC(=O)COc2ccccc2)C1=O)C(C)(C)SCl. The van der Waals surface area contributed by atoms with Gasteiger partial charge in [0.05, 0.1) is 11.3 Å². The van der Waals surface area contributed by atoms with Crippen molar-refractivity contribution >= 4 is 39.4 Å². The number of rotatable bonds is 11. The molecule has 2 N–H and O–H groups in total. The van der Waals surface area contributed by atoms with E-state index in [0.29, 0.717) is 12.2 Å². The van der Waals surface area contributed by atoms with Crippen molar-refractivity contribution in [3.63, 3.8) is 0 Å². The van der Waals surface area contributed by atoms with Crippen molar-refractivity contribution in [1.82, 2.24) is 10.2 Å². The average Bonchev–Trinajstić information content (AvgIpc) is 2.71. The predicted molar refractivity (Wildman–Crippen MR) is 110 cm³/mol. The number of halogens is 1. The van der Waals surface area contributed by atoms with E-state index in [1.165, 1.54) is 0 Å². The van der Waals surface area contributed by atoms with Crippen LogP contribution in [0.5, 0.6) is 5.75 Å². The number of carbonyl (C=O) groups is 3. The highest BCUT2D eigenvalue weighted by Gasteiger charge is 2.64. The number of amides is 2. The highest BCUT2D eigenvalue weighted by Crippen LogP contribution is 2.45. The normalized spacial score (nSPS) is 18.6. The molecule has 1 aromatic rings. The Morgan fingerprint density at radius 1 is 1.34 bits per heavy atom. The van der Waals surface area contributed by atoms with Crippen LogP contribution in [0.3, 0.4) is 0 Å². The number of aliphatic carboxylic acids is 1. The Bertz CT molecular complexity index is 747. The summed E-state index contributed by atoms with van der Waals surface area (Å²) in [6.07, 6.45) is 0.567. The monoisotopic (exact) mass is 444 g/mol. The van der Waals surface area contributed by atoms with E-state index < -0.39 is 34.3 Å². The fourth-order valence-corrected chi connectivity index (χ4v) is 3.71. The number of hydrogen-bond donors (Lipinski definition) is 2. The first kappa shape index (κ1) is 23.3. The Morgan fingerprint density at radius 2 is 2.00 bits per heavy atom. The van der Waals surface area contributed by atoms with Crippen LogP contribution < -0.4 is 10.1 Å². The molecule has 0 aliphatic carbocycles. The molecule has 0 spiro atoms. The van der Waals surface area contributed by atoms with Crippen LogP contribution in [0.15, 0.2) is 30.3 Å². The summed E-state index contributed by atoms with van der Waals surface area (Å²) in [4.78, 5) is 38.1. The standard InChI is InChI=1S/C19H25ClN2O6S/c1-4-10-28-19(17(25)26,18(2,3)29-20)22-11-14(16(22)24)21-15(23)12-27-13-8-6-5-7-9-13/h5-9,14H,4,10-12H2,1-3H3,(H,21,23)(H,25,26). The smallest absolute Gasteiger partial charge is 0.359 e. The maximum absolute atomic E-state index is 12.7. The second-order valence-electron chi connectivity index (χ2n) is 7.06. The predicted octanol–water partition coefficient (Wildman–Crippen LogP) is 2.27. The Labute approximate surface area is 178 Å². The Kier molecular flexibility index (Phi) is 7.79. The van der Waals surface area contributed by atoms with Crippen LogP contribution in [0.2, 0.25) is 0 Å². The molecule has 10 heteroatoms. The van der Waals surface area contributed by atoms with E-state index in [0.717, 1.165) is 15.9 Å². The van der Waals surface area contributed by atoms with E-state index in [1.54, 1.807) is 38.1 Å². The molecule has 1 aliphatic rings. The first-order chi connectivity index (χ1) is 13.7. The number of likely N-dealkylation sites (tertiary alicyclic amines) is 1. The van der Waals surface area contributed by atoms with Gasteiger partial charge in [-0.15, -0.1) is 0 Å². The number of carboxylic acids is 1. The van der Waals surface area contributed by atoms with Crippen molar-refractivity contribution in [1.29, 1.82) is 0 Å².